The third-order valence-corrected chi connectivity index (χ3v) is 6.64. The monoisotopic (exact) mass is 627 g/mol. The van der Waals surface area contributed by atoms with Gasteiger partial charge in [0.15, 0.2) is 5.75 Å². The van der Waals surface area contributed by atoms with Crippen molar-refractivity contribution in [2.75, 3.05) is 6.61 Å². The molecule has 2 heterocycles. The lowest BCUT2D eigenvalue weighted by Gasteiger charge is -2.49. The third kappa shape index (κ3) is 7.59. The second-order valence-electron chi connectivity index (χ2n) is 10.2. The molecule has 1 saturated heterocycles. The molecule has 0 aliphatic carbocycles. The molecule has 0 radical (unpaired) electrons. The van der Waals surface area contributed by atoms with Crippen LogP contribution in [0.4, 0.5) is 0 Å². The van der Waals surface area contributed by atoms with Crippen molar-refractivity contribution in [3.63, 3.8) is 0 Å². The van der Waals surface area contributed by atoms with Gasteiger partial charge < -0.3 is 38.3 Å². The average Bonchev–Trinajstić information content (AvgIpc) is 3.32. The van der Waals surface area contributed by atoms with Gasteiger partial charge in [0.05, 0.1) is 11.7 Å². The van der Waals surface area contributed by atoms with Gasteiger partial charge in [-0.25, -0.2) is 0 Å². The maximum Gasteiger partial charge on any atom is 0.336 e. The van der Waals surface area contributed by atoms with E-state index in [0.717, 1.165) is 33.3 Å². The molecule has 1 fully saturated rings. The van der Waals surface area contributed by atoms with E-state index in [-0.39, 0.29) is 17.7 Å². The Hall–Kier alpha value is -4.95. The quantitative estimate of drug-likeness (QED) is 0.197. The summed E-state index contributed by atoms with van der Waals surface area (Å²) in [6.45, 7) is 5.14. The summed E-state index contributed by atoms with van der Waals surface area (Å²) in [5, 5.41) is 11.3. The first-order chi connectivity index (χ1) is 21.3. The summed E-state index contributed by atoms with van der Waals surface area (Å²) in [5.74, 6) is -6.34. The summed E-state index contributed by atoms with van der Waals surface area (Å²) in [5.41, 5.74) is 1.26. The lowest BCUT2D eigenvalue weighted by atomic mass is 9.93. The van der Waals surface area contributed by atoms with Gasteiger partial charge in [-0.2, -0.15) is 0 Å². The minimum atomic E-state index is -2.62. The highest BCUT2D eigenvalue weighted by molar-refractivity contribution is 5.96. The molecule has 1 aromatic heterocycles. The van der Waals surface area contributed by atoms with Gasteiger partial charge in [-0.3, -0.25) is 28.5 Å². The van der Waals surface area contributed by atoms with E-state index in [2.05, 4.69) is 0 Å². The summed E-state index contributed by atoms with van der Waals surface area (Å²) in [6.07, 6.45) is -5.95. The largest absolute Gasteiger partial charge is 0.489 e. The van der Waals surface area contributed by atoms with E-state index in [4.69, 9.17) is 33.2 Å². The third-order valence-electron chi connectivity index (χ3n) is 6.64. The lowest BCUT2D eigenvalue weighted by molar-refractivity contribution is -0.373. The second-order valence-corrected chi connectivity index (χ2v) is 10.2. The van der Waals surface area contributed by atoms with Crippen molar-refractivity contribution in [1.82, 2.24) is 4.57 Å². The van der Waals surface area contributed by atoms with Crippen LogP contribution in [0.25, 0.3) is 10.9 Å². The SMILES string of the molecule is CC(=O)OC[C@H]1OC(O)[C@H](OC(C)=O)[C@@](OC(C)=O)(Oc2cn(C(C)=O)c3ccc(OCc4ccccc4)cc23)[C@H]1OC(C)=O. The van der Waals surface area contributed by atoms with Crippen LogP contribution >= 0.6 is 0 Å². The zero-order chi connectivity index (χ0) is 32.9. The van der Waals surface area contributed by atoms with Crippen LogP contribution in [0.3, 0.4) is 0 Å². The molecule has 0 spiro atoms. The number of hydrogen-bond acceptors (Lipinski definition) is 13. The Labute approximate surface area is 257 Å². The van der Waals surface area contributed by atoms with Crippen LogP contribution < -0.4 is 9.47 Å². The predicted molar refractivity (Wildman–Crippen MR) is 153 cm³/mol. The molecule has 1 aliphatic rings. The Balaban J connectivity index is 1.89. The minimum Gasteiger partial charge on any atom is -0.489 e. The molecule has 1 unspecified atom stereocenters. The van der Waals surface area contributed by atoms with Crippen LogP contribution in [0, 0.1) is 0 Å². The number of hydrogen-bond donors (Lipinski definition) is 1. The fraction of sp³-hybridized carbons (Fsp3) is 0.387. The Morgan fingerprint density at radius 1 is 0.867 bits per heavy atom. The molecule has 14 heteroatoms. The molecule has 14 nitrogen and oxygen atoms in total. The van der Waals surface area contributed by atoms with E-state index in [1.54, 1.807) is 18.2 Å². The first-order valence-electron chi connectivity index (χ1n) is 13.8. The van der Waals surface area contributed by atoms with Crippen molar-refractivity contribution in [2.45, 2.75) is 71.6 Å². The zero-order valence-corrected chi connectivity index (χ0v) is 25.2. The van der Waals surface area contributed by atoms with Crippen LogP contribution in [-0.4, -0.2) is 76.5 Å². The maximum absolute atomic E-state index is 12.6. The van der Waals surface area contributed by atoms with Crippen LogP contribution in [0.5, 0.6) is 11.5 Å². The number of aliphatic hydroxyl groups excluding tert-OH is 1. The molecule has 240 valence electrons. The average molecular weight is 628 g/mol. The summed E-state index contributed by atoms with van der Waals surface area (Å²) in [4.78, 5) is 61.5. The summed E-state index contributed by atoms with van der Waals surface area (Å²) >= 11 is 0. The fourth-order valence-electron chi connectivity index (χ4n) is 4.92. The van der Waals surface area contributed by atoms with Gasteiger partial charge in [-0.15, -0.1) is 0 Å². The Morgan fingerprint density at radius 2 is 1.53 bits per heavy atom. The number of aromatic nitrogens is 1. The number of benzene rings is 2. The molecule has 0 bridgehead atoms. The maximum atomic E-state index is 12.6. The number of nitrogens with zero attached hydrogens (tertiary/aromatic N) is 1. The van der Waals surface area contributed by atoms with Gasteiger partial charge in [0.1, 0.15) is 25.1 Å². The Morgan fingerprint density at radius 3 is 2.13 bits per heavy atom. The summed E-state index contributed by atoms with van der Waals surface area (Å²) in [7, 11) is 0. The van der Waals surface area contributed by atoms with Gasteiger partial charge >= 0.3 is 29.7 Å². The van der Waals surface area contributed by atoms with Crippen molar-refractivity contribution in [3.8, 4) is 11.5 Å². The first-order valence-corrected chi connectivity index (χ1v) is 13.8. The van der Waals surface area contributed by atoms with Crippen molar-refractivity contribution < 1.29 is 62.2 Å². The van der Waals surface area contributed by atoms with Crippen LogP contribution in [0.1, 0.15) is 45.0 Å². The van der Waals surface area contributed by atoms with Crippen LogP contribution in [-0.2, 0) is 49.5 Å². The standard InChI is InChI=1S/C31H33NO13/c1-17(33)32-14-26(24-13-23(11-12-25(24)32)40-15-22-9-7-6-8-10-22)45-31(44-21(5)37)28(41-19(3)35)27(16-39-18(2)34)43-30(38)29(31)42-20(4)36/h6-14,27-30,38H,15-16H2,1-5H3/t27-,28+,29+,30?,31+/m1/s1. The minimum absolute atomic E-state index is 0.110. The zero-order valence-electron chi connectivity index (χ0n) is 25.2. The number of ether oxygens (including phenoxy) is 7. The van der Waals surface area contributed by atoms with E-state index in [1.807, 2.05) is 30.3 Å². The van der Waals surface area contributed by atoms with Gasteiger partial charge in [0, 0.05) is 40.0 Å². The molecular weight excluding hydrogens is 594 g/mol. The van der Waals surface area contributed by atoms with Gasteiger partial charge in [-0.1, -0.05) is 30.3 Å². The van der Waals surface area contributed by atoms with Crippen molar-refractivity contribution in [1.29, 1.82) is 0 Å². The van der Waals surface area contributed by atoms with Crippen LogP contribution in [0.15, 0.2) is 54.7 Å². The topological polar surface area (TPSA) is 175 Å². The Bertz CT molecular complexity index is 1580. The van der Waals surface area contributed by atoms with Gasteiger partial charge in [0.2, 0.25) is 24.4 Å². The molecule has 3 aromatic rings. The van der Waals surface area contributed by atoms with E-state index in [0.29, 0.717) is 11.3 Å². The van der Waals surface area contributed by atoms with E-state index in [9.17, 15) is 29.1 Å². The number of esters is 4. The van der Waals surface area contributed by atoms with Gasteiger partial charge in [-0.05, 0) is 23.8 Å². The predicted octanol–water partition coefficient (Wildman–Crippen LogP) is 2.66. The molecule has 45 heavy (non-hydrogen) atoms. The number of aliphatic hydroxyl groups is 1. The molecule has 5 atom stereocenters. The smallest absolute Gasteiger partial charge is 0.336 e. The van der Waals surface area contributed by atoms with E-state index in [1.165, 1.54) is 17.7 Å². The van der Waals surface area contributed by atoms with Gasteiger partial charge in [0.25, 0.3) is 0 Å². The first kappa shape index (κ1) is 33.0. The molecule has 0 saturated carbocycles. The highest BCUT2D eigenvalue weighted by atomic mass is 16.8. The highest BCUT2D eigenvalue weighted by Crippen LogP contribution is 2.42. The second kappa shape index (κ2) is 13.8. The molecule has 0 amide bonds. The fourth-order valence-corrected chi connectivity index (χ4v) is 4.92. The number of rotatable bonds is 10. The van der Waals surface area contributed by atoms with Crippen molar-refractivity contribution in [3.05, 3.63) is 60.3 Å². The number of carbonyl (C=O) groups is 5. The summed E-state index contributed by atoms with van der Waals surface area (Å²) < 4.78 is 40.6. The molecule has 4 rings (SSSR count). The lowest BCUT2D eigenvalue weighted by Crippen LogP contribution is -2.73. The molecular formula is C31H33NO13. The Kier molecular flexibility index (Phi) is 10.1. The van der Waals surface area contributed by atoms with Crippen molar-refractivity contribution >= 4 is 40.7 Å². The highest BCUT2D eigenvalue weighted by Gasteiger charge is 2.66. The molecule has 1 aliphatic heterocycles. The number of fused-ring (bicyclic) bond motifs is 1. The van der Waals surface area contributed by atoms with Crippen LogP contribution in [0.2, 0.25) is 0 Å². The normalized spacial score (nSPS) is 22.6. The van der Waals surface area contributed by atoms with E-state index < -0.39 is 66.8 Å². The molecule has 2 aromatic carbocycles. The van der Waals surface area contributed by atoms with Crippen molar-refractivity contribution in [2.24, 2.45) is 0 Å². The summed E-state index contributed by atoms with van der Waals surface area (Å²) in [6, 6.07) is 14.2. The van der Waals surface area contributed by atoms with E-state index >= 15 is 0 Å². The molecule has 1 N–H and O–H groups in total. The number of carbonyl (C=O) groups excluding carboxylic acids is 5.